The summed E-state index contributed by atoms with van der Waals surface area (Å²) in [5.41, 5.74) is -0.745. The molecule has 1 aromatic rings. The molecule has 31 heavy (non-hydrogen) atoms. The maximum Gasteiger partial charge on any atom is 0.417 e. The van der Waals surface area contributed by atoms with Crippen molar-refractivity contribution in [1.29, 1.82) is 0 Å². The zero-order valence-electron chi connectivity index (χ0n) is 17.0. The van der Waals surface area contributed by atoms with E-state index in [2.05, 4.69) is 17.2 Å². The molecule has 0 spiro atoms. The number of likely N-dealkylation sites (tertiary alicyclic amines) is 2. The summed E-state index contributed by atoms with van der Waals surface area (Å²) in [7, 11) is 0. The number of ether oxygens (including phenoxy) is 1. The van der Waals surface area contributed by atoms with Crippen LogP contribution in [0.5, 0.6) is 0 Å². The van der Waals surface area contributed by atoms with Crippen molar-refractivity contribution in [2.45, 2.75) is 37.6 Å². The highest BCUT2D eigenvalue weighted by Gasteiger charge is 2.38. The Morgan fingerprint density at radius 2 is 1.81 bits per heavy atom. The number of urea groups is 1. The van der Waals surface area contributed by atoms with Crippen molar-refractivity contribution in [3.63, 3.8) is 0 Å². The molecular weight excluding hydrogens is 411 g/mol. The van der Waals surface area contributed by atoms with E-state index in [4.69, 9.17) is 4.74 Å². The lowest BCUT2D eigenvalue weighted by atomic mass is 9.96. The third-order valence-electron chi connectivity index (χ3n) is 6.00. The molecule has 0 saturated carbocycles. The molecule has 4 rings (SSSR count). The van der Waals surface area contributed by atoms with E-state index >= 15 is 0 Å². The van der Waals surface area contributed by atoms with Gasteiger partial charge in [0.15, 0.2) is 0 Å². The van der Waals surface area contributed by atoms with E-state index in [9.17, 15) is 22.8 Å². The number of hydrogen-bond donors (Lipinski definition) is 1. The second-order valence-electron chi connectivity index (χ2n) is 8.11. The van der Waals surface area contributed by atoms with E-state index in [1.54, 1.807) is 15.9 Å². The standard InChI is InChI=1S/C22H24F3N3O3/c23-22(24,25)17-4-2-1-3-16(17)6-5-15-7-10-27(11-8-15)21(30)28-12-9-19-18(13-28)26-20(29)14-31-19/h1-4,15,18-19H,7-14H2,(H,26,29)/t18-,19+/m1/s1. The predicted molar refractivity (Wildman–Crippen MR) is 106 cm³/mol. The van der Waals surface area contributed by atoms with Gasteiger partial charge < -0.3 is 19.9 Å². The minimum atomic E-state index is -4.43. The van der Waals surface area contributed by atoms with Gasteiger partial charge in [-0.05, 0) is 31.4 Å². The zero-order valence-corrected chi connectivity index (χ0v) is 17.0. The molecule has 1 aromatic carbocycles. The lowest BCUT2D eigenvalue weighted by Crippen LogP contribution is -2.62. The van der Waals surface area contributed by atoms with Crippen molar-refractivity contribution in [3.8, 4) is 11.8 Å². The van der Waals surface area contributed by atoms with Gasteiger partial charge in [0.2, 0.25) is 5.91 Å². The molecule has 3 aliphatic rings. The van der Waals surface area contributed by atoms with Crippen LogP contribution in [0.1, 0.15) is 30.4 Å². The van der Waals surface area contributed by atoms with Crippen LogP contribution in [0.2, 0.25) is 0 Å². The van der Waals surface area contributed by atoms with Gasteiger partial charge in [0.25, 0.3) is 0 Å². The molecule has 0 unspecified atom stereocenters. The van der Waals surface area contributed by atoms with Crippen LogP contribution in [-0.2, 0) is 15.7 Å². The molecule has 0 radical (unpaired) electrons. The van der Waals surface area contributed by atoms with Gasteiger partial charge in [-0.2, -0.15) is 13.2 Å². The quantitative estimate of drug-likeness (QED) is 0.637. The number of nitrogens with zero attached hydrogens (tertiary/aromatic N) is 2. The summed E-state index contributed by atoms with van der Waals surface area (Å²) in [4.78, 5) is 27.9. The highest BCUT2D eigenvalue weighted by Crippen LogP contribution is 2.31. The zero-order chi connectivity index (χ0) is 22.0. The topological polar surface area (TPSA) is 61.9 Å². The van der Waals surface area contributed by atoms with Gasteiger partial charge in [-0.15, -0.1) is 0 Å². The highest BCUT2D eigenvalue weighted by molar-refractivity contribution is 5.79. The molecule has 3 amide bonds. The van der Waals surface area contributed by atoms with E-state index in [1.165, 1.54) is 12.1 Å². The van der Waals surface area contributed by atoms with Crippen molar-refractivity contribution < 1.29 is 27.5 Å². The fraction of sp³-hybridized carbons (Fsp3) is 0.545. The fourth-order valence-electron chi connectivity index (χ4n) is 4.31. The molecule has 0 aliphatic carbocycles. The molecule has 2 atom stereocenters. The first kappa shape index (κ1) is 21.5. The maximum absolute atomic E-state index is 13.1. The number of amides is 3. The minimum Gasteiger partial charge on any atom is -0.366 e. The number of carbonyl (C=O) groups is 2. The van der Waals surface area contributed by atoms with Gasteiger partial charge in [-0.3, -0.25) is 4.79 Å². The summed E-state index contributed by atoms with van der Waals surface area (Å²) in [6.07, 6.45) is -2.57. The molecule has 166 valence electrons. The molecule has 3 saturated heterocycles. The van der Waals surface area contributed by atoms with Crippen LogP contribution in [0.4, 0.5) is 18.0 Å². The van der Waals surface area contributed by atoms with Gasteiger partial charge in [-0.25, -0.2) is 4.79 Å². The molecule has 0 aromatic heterocycles. The summed E-state index contributed by atoms with van der Waals surface area (Å²) in [6.45, 7) is 2.07. The van der Waals surface area contributed by atoms with Crippen molar-refractivity contribution in [1.82, 2.24) is 15.1 Å². The van der Waals surface area contributed by atoms with Crippen molar-refractivity contribution >= 4 is 11.9 Å². The van der Waals surface area contributed by atoms with Gasteiger partial charge in [-0.1, -0.05) is 24.0 Å². The lowest BCUT2D eigenvalue weighted by Gasteiger charge is -2.43. The molecule has 3 heterocycles. The Hall–Kier alpha value is -2.73. The average Bonchev–Trinajstić information content (AvgIpc) is 2.76. The number of morpholine rings is 1. The normalized spacial score (nSPS) is 24.7. The summed E-state index contributed by atoms with van der Waals surface area (Å²) in [5.74, 6) is 5.44. The van der Waals surface area contributed by atoms with Crippen LogP contribution in [0.15, 0.2) is 24.3 Å². The third kappa shape index (κ3) is 4.96. The average molecular weight is 435 g/mol. The van der Waals surface area contributed by atoms with Gasteiger partial charge in [0.1, 0.15) is 6.61 Å². The molecule has 9 heteroatoms. The number of benzene rings is 1. The van der Waals surface area contributed by atoms with Crippen molar-refractivity contribution in [2.24, 2.45) is 5.92 Å². The molecule has 6 nitrogen and oxygen atoms in total. The maximum atomic E-state index is 13.1. The van der Waals surface area contributed by atoms with Crippen LogP contribution < -0.4 is 5.32 Å². The Bertz CT molecular complexity index is 900. The van der Waals surface area contributed by atoms with E-state index in [-0.39, 0.29) is 42.2 Å². The number of carbonyl (C=O) groups excluding carboxylic acids is 2. The van der Waals surface area contributed by atoms with Crippen LogP contribution in [-0.4, -0.2) is 66.7 Å². The summed E-state index contributed by atoms with van der Waals surface area (Å²) in [6, 6.07) is 5.05. The number of hydrogen-bond acceptors (Lipinski definition) is 3. The lowest BCUT2D eigenvalue weighted by molar-refractivity contribution is -0.140. The molecule has 1 N–H and O–H groups in total. The van der Waals surface area contributed by atoms with E-state index in [1.807, 2.05) is 0 Å². The minimum absolute atomic E-state index is 0.0203. The first-order valence-corrected chi connectivity index (χ1v) is 10.4. The second-order valence-corrected chi connectivity index (χ2v) is 8.11. The molecule has 0 bridgehead atoms. The van der Waals surface area contributed by atoms with E-state index in [0.29, 0.717) is 45.4 Å². The van der Waals surface area contributed by atoms with Gasteiger partial charge in [0.05, 0.1) is 17.7 Å². The van der Waals surface area contributed by atoms with Gasteiger partial charge in [0, 0.05) is 37.7 Å². The number of alkyl halides is 3. The van der Waals surface area contributed by atoms with Crippen LogP contribution in [0.3, 0.4) is 0 Å². The number of nitrogens with one attached hydrogen (secondary N) is 1. The Morgan fingerprint density at radius 3 is 2.55 bits per heavy atom. The first-order valence-electron chi connectivity index (χ1n) is 10.4. The summed E-state index contributed by atoms with van der Waals surface area (Å²) < 4.78 is 44.9. The Morgan fingerprint density at radius 1 is 1.10 bits per heavy atom. The summed E-state index contributed by atoms with van der Waals surface area (Å²) in [5, 5.41) is 2.89. The Labute approximate surface area is 178 Å². The first-order chi connectivity index (χ1) is 14.8. The van der Waals surface area contributed by atoms with E-state index < -0.39 is 11.7 Å². The third-order valence-corrected chi connectivity index (χ3v) is 6.00. The predicted octanol–water partition coefficient (Wildman–Crippen LogP) is 2.48. The van der Waals surface area contributed by atoms with Gasteiger partial charge >= 0.3 is 12.2 Å². The second kappa shape index (κ2) is 8.79. The highest BCUT2D eigenvalue weighted by atomic mass is 19.4. The van der Waals surface area contributed by atoms with E-state index in [0.717, 1.165) is 6.07 Å². The number of piperidine rings is 2. The van der Waals surface area contributed by atoms with Crippen molar-refractivity contribution in [2.75, 3.05) is 32.8 Å². The Balaban J connectivity index is 1.32. The Kier molecular flexibility index (Phi) is 6.10. The number of rotatable bonds is 0. The van der Waals surface area contributed by atoms with Crippen LogP contribution >= 0.6 is 0 Å². The van der Waals surface area contributed by atoms with Crippen LogP contribution in [0, 0.1) is 17.8 Å². The van der Waals surface area contributed by atoms with Crippen molar-refractivity contribution in [3.05, 3.63) is 35.4 Å². The monoisotopic (exact) mass is 435 g/mol. The number of fused-ring (bicyclic) bond motifs is 1. The molecule has 3 aliphatic heterocycles. The molecule has 3 fully saturated rings. The summed E-state index contributed by atoms with van der Waals surface area (Å²) >= 11 is 0. The van der Waals surface area contributed by atoms with Crippen LogP contribution in [0.25, 0.3) is 0 Å². The number of halogens is 3. The smallest absolute Gasteiger partial charge is 0.366 e. The largest absolute Gasteiger partial charge is 0.417 e. The SMILES string of the molecule is O=C1CO[C@H]2CCN(C(=O)N3CCC(C#Cc4ccccc4C(F)(F)F)CC3)C[C@H]2N1. The molecular formula is C22H24F3N3O3. The fourth-order valence-corrected chi connectivity index (χ4v) is 4.31.